The maximum atomic E-state index is 12.8. The number of nitrogens with one attached hydrogen (secondary N) is 1. The second-order valence-electron chi connectivity index (χ2n) is 8.61. The van der Waals surface area contributed by atoms with Gasteiger partial charge in [0.05, 0.1) is 19.8 Å². The SMILES string of the molecule is CCN(CC)C(=O)c1ccc(C(c2cccc(NC(=O)OC)c2)N2CCN(CCOC)CC2)cc1. The second-order valence-corrected chi connectivity index (χ2v) is 8.61. The Hall–Kier alpha value is -2.94. The number of amides is 2. The van der Waals surface area contributed by atoms with Crippen LogP contribution in [0.15, 0.2) is 48.5 Å². The fourth-order valence-corrected chi connectivity index (χ4v) is 4.54. The largest absolute Gasteiger partial charge is 0.453 e. The molecule has 0 radical (unpaired) electrons. The van der Waals surface area contributed by atoms with Gasteiger partial charge in [0.2, 0.25) is 0 Å². The molecule has 1 aliphatic heterocycles. The fraction of sp³-hybridized carbons (Fsp3) is 0.481. The summed E-state index contributed by atoms with van der Waals surface area (Å²) in [4.78, 5) is 31.3. The highest BCUT2D eigenvalue weighted by atomic mass is 16.5. The third kappa shape index (κ3) is 7.04. The lowest BCUT2D eigenvalue weighted by Crippen LogP contribution is -2.48. The average Bonchev–Trinajstić information content (AvgIpc) is 2.89. The predicted octanol–water partition coefficient (Wildman–Crippen LogP) is 3.70. The third-order valence-corrected chi connectivity index (χ3v) is 6.54. The number of carbonyl (C=O) groups is 2. The maximum Gasteiger partial charge on any atom is 0.411 e. The van der Waals surface area contributed by atoms with Crippen molar-refractivity contribution in [3.8, 4) is 0 Å². The van der Waals surface area contributed by atoms with Gasteiger partial charge in [-0.1, -0.05) is 24.3 Å². The van der Waals surface area contributed by atoms with Crippen LogP contribution in [-0.2, 0) is 9.47 Å². The molecule has 1 heterocycles. The molecule has 0 saturated carbocycles. The average molecular weight is 483 g/mol. The molecule has 1 N–H and O–H groups in total. The molecule has 1 atom stereocenters. The van der Waals surface area contributed by atoms with Crippen molar-refractivity contribution in [2.75, 3.05) is 72.0 Å². The lowest BCUT2D eigenvalue weighted by atomic mass is 9.95. The van der Waals surface area contributed by atoms with Crippen molar-refractivity contribution in [1.29, 1.82) is 0 Å². The summed E-state index contributed by atoms with van der Waals surface area (Å²) in [6.07, 6.45) is -0.496. The summed E-state index contributed by atoms with van der Waals surface area (Å²) in [6.45, 7) is 10.7. The summed E-state index contributed by atoms with van der Waals surface area (Å²) in [5.41, 5.74) is 3.57. The Labute approximate surface area is 208 Å². The lowest BCUT2D eigenvalue weighted by Gasteiger charge is -2.40. The molecule has 0 spiro atoms. The van der Waals surface area contributed by atoms with E-state index in [1.54, 1.807) is 7.11 Å². The molecule has 3 rings (SSSR count). The van der Waals surface area contributed by atoms with Gasteiger partial charge < -0.3 is 14.4 Å². The van der Waals surface area contributed by atoms with Gasteiger partial charge in [-0.25, -0.2) is 4.79 Å². The first-order chi connectivity index (χ1) is 17.0. The van der Waals surface area contributed by atoms with Crippen molar-refractivity contribution in [1.82, 2.24) is 14.7 Å². The van der Waals surface area contributed by atoms with Crippen LogP contribution >= 0.6 is 0 Å². The van der Waals surface area contributed by atoms with Crippen LogP contribution in [0.2, 0.25) is 0 Å². The van der Waals surface area contributed by atoms with E-state index in [4.69, 9.17) is 9.47 Å². The van der Waals surface area contributed by atoms with Crippen LogP contribution in [0.1, 0.15) is 41.4 Å². The number of benzene rings is 2. The van der Waals surface area contributed by atoms with E-state index in [2.05, 4.69) is 33.3 Å². The van der Waals surface area contributed by atoms with Gasteiger partial charge in [-0.05, 0) is 49.2 Å². The lowest BCUT2D eigenvalue weighted by molar-refractivity contribution is 0.0772. The van der Waals surface area contributed by atoms with Crippen LogP contribution in [0, 0.1) is 0 Å². The molecule has 1 saturated heterocycles. The molecule has 1 aliphatic rings. The Balaban J connectivity index is 1.88. The quantitative estimate of drug-likeness (QED) is 0.557. The van der Waals surface area contributed by atoms with Crippen molar-refractivity contribution < 1.29 is 19.1 Å². The Morgan fingerprint density at radius 1 is 0.971 bits per heavy atom. The van der Waals surface area contributed by atoms with Crippen LogP contribution in [-0.4, -0.2) is 93.3 Å². The van der Waals surface area contributed by atoms with E-state index in [0.29, 0.717) is 24.3 Å². The highest BCUT2D eigenvalue weighted by molar-refractivity contribution is 5.94. The van der Waals surface area contributed by atoms with Gasteiger partial charge in [0.25, 0.3) is 5.91 Å². The summed E-state index contributed by atoms with van der Waals surface area (Å²) in [5.74, 6) is 0.0501. The molecule has 0 bridgehead atoms. The fourth-order valence-electron chi connectivity index (χ4n) is 4.54. The van der Waals surface area contributed by atoms with Crippen LogP contribution in [0.3, 0.4) is 0 Å². The normalized spacial score (nSPS) is 15.4. The van der Waals surface area contributed by atoms with Crippen molar-refractivity contribution in [2.45, 2.75) is 19.9 Å². The van der Waals surface area contributed by atoms with E-state index in [0.717, 1.165) is 50.5 Å². The van der Waals surface area contributed by atoms with Crippen LogP contribution < -0.4 is 5.32 Å². The van der Waals surface area contributed by atoms with E-state index in [1.165, 1.54) is 7.11 Å². The highest BCUT2D eigenvalue weighted by Gasteiger charge is 2.27. The van der Waals surface area contributed by atoms with Gasteiger partial charge in [0.1, 0.15) is 0 Å². The molecule has 35 heavy (non-hydrogen) atoms. The zero-order chi connectivity index (χ0) is 25.2. The number of rotatable bonds is 10. The zero-order valence-corrected chi connectivity index (χ0v) is 21.3. The topological polar surface area (TPSA) is 74.4 Å². The predicted molar refractivity (Wildman–Crippen MR) is 138 cm³/mol. The van der Waals surface area contributed by atoms with Gasteiger partial charge in [-0.3, -0.25) is 19.9 Å². The number of hydrogen-bond acceptors (Lipinski definition) is 6. The van der Waals surface area contributed by atoms with Crippen LogP contribution in [0.4, 0.5) is 10.5 Å². The number of anilines is 1. The molecule has 2 aromatic carbocycles. The molecule has 8 nitrogen and oxygen atoms in total. The van der Waals surface area contributed by atoms with Gasteiger partial charge in [0.15, 0.2) is 0 Å². The van der Waals surface area contributed by atoms with E-state index >= 15 is 0 Å². The molecule has 8 heteroatoms. The summed E-state index contributed by atoms with van der Waals surface area (Å²) in [7, 11) is 3.09. The molecule has 2 amide bonds. The van der Waals surface area contributed by atoms with Crippen molar-refractivity contribution in [3.63, 3.8) is 0 Å². The van der Waals surface area contributed by atoms with Gasteiger partial charge in [-0.2, -0.15) is 0 Å². The molecule has 0 aromatic heterocycles. The smallest absolute Gasteiger partial charge is 0.411 e. The van der Waals surface area contributed by atoms with Crippen molar-refractivity contribution in [2.24, 2.45) is 0 Å². The molecule has 0 aliphatic carbocycles. The first kappa shape index (κ1) is 26.7. The Morgan fingerprint density at radius 2 is 1.66 bits per heavy atom. The molecular formula is C27H38N4O4. The van der Waals surface area contributed by atoms with Crippen molar-refractivity contribution >= 4 is 17.7 Å². The van der Waals surface area contributed by atoms with E-state index in [1.807, 2.05) is 49.1 Å². The summed E-state index contributed by atoms with van der Waals surface area (Å²) in [6, 6.07) is 15.8. The number of hydrogen-bond donors (Lipinski definition) is 1. The molecule has 1 unspecified atom stereocenters. The van der Waals surface area contributed by atoms with Crippen LogP contribution in [0.25, 0.3) is 0 Å². The number of nitrogens with zero attached hydrogens (tertiary/aromatic N) is 3. The Morgan fingerprint density at radius 3 is 2.26 bits per heavy atom. The third-order valence-electron chi connectivity index (χ3n) is 6.54. The minimum atomic E-state index is -0.496. The van der Waals surface area contributed by atoms with E-state index < -0.39 is 6.09 Å². The summed E-state index contributed by atoms with van der Waals surface area (Å²) < 4.78 is 10.0. The maximum absolute atomic E-state index is 12.8. The standard InChI is InChI=1S/C27H38N4O4/c1-5-30(6-2)26(32)22-12-10-21(11-13-22)25(31-16-14-29(15-17-31)18-19-34-3)23-8-7-9-24(20-23)28-27(33)35-4/h7-13,20,25H,5-6,14-19H2,1-4H3,(H,28,33). The van der Waals surface area contributed by atoms with Crippen LogP contribution in [0.5, 0.6) is 0 Å². The second kappa shape index (κ2) is 13.2. The minimum absolute atomic E-state index is 0.00317. The summed E-state index contributed by atoms with van der Waals surface area (Å²) in [5, 5.41) is 2.77. The molecule has 190 valence electrons. The summed E-state index contributed by atoms with van der Waals surface area (Å²) >= 11 is 0. The Bertz CT molecular complexity index is 954. The Kier molecular flexibility index (Phi) is 10.1. The monoisotopic (exact) mass is 482 g/mol. The zero-order valence-electron chi connectivity index (χ0n) is 21.3. The molecule has 1 fully saturated rings. The number of methoxy groups -OCH3 is 2. The number of carbonyl (C=O) groups excluding carboxylic acids is 2. The molecular weight excluding hydrogens is 444 g/mol. The van der Waals surface area contributed by atoms with Gasteiger partial charge in [-0.15, -0.1) is 0 Å². The van der Waals surface area contributed by atoms with E-state index in [-0.39, 0.29) is 11.9 Å². The minimum Gasteiger partial charge on any atom is -0.453 e. The van der Waals surface area contributed by atoms with Gasteiger partial charge in [0, 0.05) is 64.2 Å². The number of piperazine rings is 1. The van der Waals surface area contributed by atoms with Gasteiger partial charge >= 0.3 is 6.09 Å². The number of ether oxygens (including phenoxy) is 2. The first-order valence-electron chi connectivity index (χ1n) is 12.3. The highest BCUT2D eigenvalue weighted by Crippen LogP contribution is 2.31. The van der Waals surface area contributed by atoms with Crippen molar-refractivity contribution in [3.05, 3.63) is 65.2 Å². The van der Waals surface area contributed by atoms with E-state index in [9.17, 15) is 9.59 Å². The first-order valence-corrected chi connectivity index (χ1v) is 12.3. The molecule has 2 aromatic rings.